The van der Waals surface area contributed by atoms with Gasteiger partial charge in [-0.05, 0) is 64.8 Å². The van der Waals surface area contributed by atoms with Crippen LogP contribution in [0.5, 0.6) is 0 Å². The predicted molar refractivity (Wildman–Crippen MR) is 135 cm³/mol. The number of fused-ring (bicyclic) bond motifs is 7. The van der Waals surface area contributed by atoms with Crippen LogP contribution in [0.15, 0.2) is 54.7 Å². The van der Waals surface area contributed by atoms with E-state index in [1.807, 2.05) is 12.3 Å². The minimum Gasteiger partial charge on any atom is -0.333 e. The van der Waals surface area contributed by atoms with Crippen LogP contribution in [0.1, 0.15) is 56.4 Å². The topological polar surface area (TPSA) is 17.3 Å². The van der Waals surface area contributed by atoms with E-state index in [4.69, 9.17) is 4.98 Å². The van der Waals surface area contributed by atoms with Crippen molar-refractivity contribution in [2.75, 3.05) is 0 Å². The number of aromatic nitrogens is 2. The van der Waals surface area contributed by atoms with Crippen LogP contribution in [0.3, 0.4) is 0 Å². The van der Waals surface area contributed by atoms with Gasteiger partial charge in [0.2, 0.25) is 0 Å². The van der Waals surface area contributed by atoms with Gasteiger partial charge in [-0.1, -0.05) is 57.3 Å². The van der Waals surface area contributed by atoms with Gasteiger partial charge in [0.05, 0.1) is 11.3 Å². The summed E-state index contributed by atoms with van der Waals surface area (Å²) in [7, 11) is 0. The maximum absolute atomic E-state index is 4.95. The summed E-state index contributed by atoms with van der Waals surface area (Å²) in [5.74, 6) is 0. The van der Waals surface area contributed by atoms with Gasteiger partial charge in [0.25, 0.3) is 0 Å². The number of rotatable bonds is 1. The third-order valence-corrected chi connectivity index (χ3v) is 7.59. The van der Waals surface area contributed by atoms with Crippen LogP contribution in [-0.4, -0.2) is 9.38 Å². The van der Waals surface area contributed by atoms with Gasteiger partial charge >= 0.3 is 0 Å². The molecule has 3 aromatic carbocycles. The largest absolute Gasteiger partial charge is 0.333 e. The summed E-state index contributed by atoms with van der Waals surface area (Å²) < 4.78 is 2.38. The van der Waals surface area contributed by atoms with Crippen molar-refractivity contribution in [2.24, 2.45) is 0 Å². The first-order valence-corrected chi connectivity index (χ1v) is 11.5. The summed E-state index contributed by atoms with van der Waals surface area (Å²) in [5, 5.41) is 3.61. The first-order chi connectivity index (χ1) is 15.2. The van der Waals surface area contributed by atoms with Gasteiger partial charge in [-0.25, -0.2) is 0 Å². The molecule has 0 spiro atoms. The van der Waals surface area contributed by atoms with Crippen molar-refractivity contribution in [3.8, 4) is 11.3 Å². The normalized spacial score (nSPS) is 16.3. The van der Waals surface area contributed by atoms with Crippen molar-refractivity contribution >= 4 is 27.3 Å². The molecule has 1 aliphatic rings. The Bertz CT molecular complexity index is 1550. The third kappa shape index (κ3) is 3.06. The van der Waals surface area contributed by atoms with Gasteiger partial charge in [0, 0.05) is 37.4 Å². The molecule has 0 saturated heterocycles. The SMILES string of the molecule is Cc1cccc(C)c1-c1cnc2c3[c-]cccc3c3cc4c(cc3n12)C(C)(C)CC4(C)C.[Ir]. The van der Waals surface area contributed by atoms with Crippen molar-refractivity contribution in [1.82, 2.24) is 9.38 Å². The van der Waals surface area contributed by atoms with Crippen molar-refractivity contribution in [2.45, 2.75) is 58.8 Å². The number of nitrogens with zero attached hydrogens (tertiary/aromatic N) is 2. The second kappa shape index (κ2) is 7.26. The monoisotopic (exact) mass is 610 g/mol. The molecule has 0 bridgehead atoms. The second-order valence-corrected chi connectivity index (χ2v) is 10.9. The third-order valence-electron chi connectivity index (χ3n) is 7.59. The predicted octanol–water partition coefficient (Wildman–Crippen LogP) is 7.68. The maximum atomic E-state index is 4.95. The zero-order valence-electron chi connectivity index (χ0n) is 20.1. The molecule has 2 heterocycles. The second-order valence-electron chi connectivity index (χ2n) is 10.9. The minimum absolute atomic E-state index is 0. The first kappa shape index (κ1) is 22.3. The van der Waals surface area contributed by atoms with Crippen LogP contribution in [0.25, 0.3) is 38.6 Å². The molecular weight excluding hydrogens is 581 g/mol. The molecule has 0 amide bonds. The van der Waals surface area contributed by atoms with Gasteiger partial charge in [-0.15, -0.1) is 29.7 Å². The molecular formula is C30H29IrN2-. The molecule has 2 aromatic heterocycles. The maximum Gasteiger partial charge on any atom is 0.0639 e. The summed E-state index contributed by atoms with van der Waals surface area (Å²) in [6.45, 7) is 13.9. The van der Waals surface area contributed by atoms with E-state index in [1.54, 1.807) is 0 Å². The molecule has 0 fully saturated rings. The van der Waals surface area contributed by atoms with Crippen molar-refractivity contribution in [3.63, 3.8) is 0 Å². The summed E-state index contributed by atoms with van der Waals surface area (Å²) in [4.78, 5) is 4.95. The molecule has 1 aliphatic carbocycles. The van der Waals surface area contributed by atoms with Crippen LogP contribution in [0.4, 0.5) is 0 Å². The Morgan fingerprint density at radius 2 is 1.55 bits per heavy atom. The zero-order chi connectivity index (χ0) is 22.4. The Hall–Kier alpha value is -2.48. The van der Waals surface area contributed by atoms with E-state index >= 15 is 0 Å². The molecule has 1 radical (unpaired) electrons. The molecule has 0 N–H and O–H groups in total. The van der Waals surface area contributed by atoms with Gasteiger partial charge in [0.1, 0.15) is 0 Å². The van der Waals surface area contributed by atoms with Crippen LogP contribution >= 0.6 is 0 Å². The minimum atomic E-state index is 0. The smallest absolute Gasteiger partial charge is 0.0639 e. The quantitative estimate of drug-likeness (QED) is 0.141. The van der Waals surface area contributed by atoms with Crippen molar-refractivity contribution in [1.29, 1.82) is 0 Å². The molecule has 33 heavy (non-hydrogen) atoms. The average Bonchev–Trinajstić information content (AvgIpc) is 3.24. The van der Waals surface area contributed by atoms with Gasteiger partial charge in [0.15, 0.2) is 0 Å². The van der Waals surface area contributed by atoms with Crippen LogP contribution < -0.4 is 0 Å². The molecule has 5 aromatic rings. The van der Waals surface area contributed by atoms with Gasteiger partial charge in [-0.2, -0.15) is 0 Å². The van der Waals surface area contributed by atoms with E-state index in [-0.39, 0.29) is 30.9 Å². The molecule has 0 aliphatic heterocycles. The summed E-state index contributed by atoms with van der Waals surface area (Å²) >= 11 is 0. The van der Waals surface area contributed by atoms with E-state index in [9.17, 15) is 0 Å². The number of pyridine rings is 1. The van der Waals surface area contributed by atoms with Crippen molar-refractivity contribution < 1.29 is 20.1 Å². The van der Waals surface area contributed by atoms with E-state index in [0.717, 1.165) is 23.1 Å². The molecule has 0 atom stereocenters. The molecule has 0 unspecified atom stereocenters. The Morgan fingerprint density at radius 1 is 0.879 bits per heavy atom. The Labute approximate surface area is 209 Å². The Balaban J connectivity index is 0.00000228. The standard InChI is InChI=1S/C30H29N2.Ir/c1-18-10-9-11-19(2)27(18)26-16-31-28-21-13-8-7-12-20(21)22-14-23-24(15-25(22)32(26)28)30(5,6)17-29(23,3)4;/h7-12,14-16H,17H2,1-6H3;/q-1;. The van der Waals surface area contributed by atoms with Gasteiger partial charge in [-0.3, -0.25) is 4.98 Å². The van der Waals surface area contributed by atoms with Crippen LogP contribution in [-0.2, 0) is 30.9 Å². The van der Waals surface area contributed by atoms with E-state index in [0.29, 0.717) is 0 Å². The molecule has 0 saturated carbocycles. The molecule has 169 valence electrons. The first-order valence-electron chi connectivity index (χ1n) is 11.5. The summed E-state index contributed by atoms with van der Waals surface area (Å²) in [5.41, 5.74) is 10.5. The number of imidazole rings is 1. The molecule has 6 rings (SSSR count). The van der Waals surface area contributed by atoms with E-state index in [1.165, 1.54) is 44.1 Å². The van der Waals surface area contributed by atoms with E-state index < -0.39 is 0 Å². The number of hydrogen-bond acceptors (Lipinski definition) is 1. The average molecular weight is 610 g/mol. The molecule has 3 heteroatoms. The van der Waals surface area contributed by atoms with Crippen LogP contribution in [0, 0.1) is 19.9 Å². The number of benzene rings is 3. The number of aryl methyl sites for hydroxylation is 2. The van der Waals surface area contributed by atoms with Crippen LogP contribution in [0.2, 0.25) is 0 Å². The van der Waals surface area contributed by atoms with Crippen molar-refractivity contribution in [3.05, 3.63) is 83.0 Å². The number of hydrogen-bond donors (Lipinski definition) is 0. The summed E-state index contributed by atoms with van der Waals surface area (Å²) in [6.07, 6.45) is 3.21. The fourth-order valence-electron chi connectivity index (χ4n) is 6.42. The Kier molecular flexibility index (Phi) is 4.91. The Morgan fingerprint density at radius 3 is 2.24 bits per heavy atom. The van der Waals surface area contributed by atoms with E-state index in [2.05, 4.69) is 94.5 Å². The molecule has 2 nitrogen and oxygen atoms in total. The van der Waals surface area contributed by atoms with Gasteiger partial charge < -0.3 is 4.40 Å². The fraction of sp³-hybridized carbons (Fsp3) is 0.300. The zero-order valence-corrected chi connectivity index (χ0v) is 22.5. The fourth-order valence-corrected chi connectivity index (χ4v) is 6.42. The summed E-state index contributed by atoms with van der Waals surface area (Å²) in [6, 6.07) is 21.3.